The number of anilines is 1. The molecule has 5 nitrogen and oxygen atoms in total. The van der Waals surface area contributed by atoms with Gasteiger partial charge in [0.15, 0.2) is 0 Å². The van der Waals surface area contributed by atoms with Gasteiger partial charge >= 0.3 is 0 Å². The molecule has 1 aromatic carbocycles. The first-order valence-electron chi connectivity index (χ1n) is 4.14. The molecule has 1 aromatic rings. The molecule has 0 aliphatic carbocycles. The van der Waals surface area contributed by atoms with Gasteiger partial charge in [0.05, 0.1) is 4.92 Å². The Kier molecular flexibility index (Phi) is 3.61. The van der Waals surface area contributed by atoms with Gasteiger partial charge in [0.2, 0.25) is 5.91 Å². The average molecular weight is 320 g/mol. The quantitative estimate of drug-likeness (QED) is 0.517. The third kappa shape index (κ3) is 2.88. The first kappa shape index (κ1) is 11.9. The fourth-order valence-electron chi connectivity index (χ4n) is 1.11. The summed E-state index contributed by atoms with van der Waals surface area (Å²) in [4.78, 5) is 21.1. The second-order valence-electron chi connectivity index (χ2n) is 3.06. The maximum Gasteiger partial charge on any atom is 0.293 e. The van der Waals surface area contributed by atoms with Crippen molar-refractivity contribution in [1.82, 2.24) is 0 Å². The van der Waals surface area contributed by atoms with E-state index in [2.05, 4.69) is 27.9 Å². The van der Waals surface area contributed by atoms with Crippen molar-refractivity contribution in [1.29, 1.82) is 0 Å². The minimum atomic E-state index is -0.506. The van der Waals surface area contributed by atoms with Crippen LogP contribution in [0.5, 0.6) is 0 Å². The number of rotatable bonds is 2. The molecule has 0 bridgehead atoms. The van der Waals surface area contributed by atoms with Crippen molar-refractivity contribution in [3.63, 3.8) is 0 Å². The molecule has 80 valence electrons. The van der Waals surface area contributed by atoms with Crippen LogP contribution in [0.25, 0.3) is 0 Å². The largest absolute Gasteiger partial charge is 0.321 e. The number of nitro benzene ring substituents is 1. The van der Waals surface area contributed by atoms with Crippen molar-refractivity contribution in [2.45, 2.75) is 13.8 Å². The third-order valence-electron chi connectivity index (χ3n) is 1.78. The van der Waals surface area contributed by atoms with Crippen molar-refractivity contribution < 1.29 is 9.72 Å². The number of amides is 1. The van der Waals surface area contributed by atoms with Gasteiger partial charge in [-0.1, -0.05) is 0 Å². The maximum atomic E-state index is 10.8. The summed E-state index contributed by atoms with van der Waals surface area (Å²) in [6.07, 6.45) is 0. The number of hydrogen-bond acceptors (Lipinski definition) is 3. The van der Waals surface area contributed by atoms with Gasteiger partial charge in [-0.05, 0) is 41.1 Å². The third-order valence-corrected chi connectivity index (χ3v) is 2.95. The molecule has 0 spiro atoms. The Labute approximate surface area is 100 Å². The first-order valence-corrected chi connectivity index (χ1v) is 5.22. The summed E-state index contributed by atoms with van der Waals surface area (Å²) >= 11 is 2.06. The Bertz CT molecular complexity index is 432. The monoisotopic (exact) mass is 320 g/mol. The van der Waals surface area contributed by atoms with Crippen molar-refractivity contribution in [2.24, 2.45) is 0 Å². The van der Waals surface area contributed by atoms with E-state index in [4.69, 9.17) is 0 Å². The molecule has 1 amide bonds. The van der Waals surface area contributed by atoms with Gasteiger partial charge in [0.25, 0.3) is 5.69 Å². The Hall–Kier alpha value is -1.18. The maximum absolute atomic E-state index is 10.8. The van der Waals surface area contributed by atoms with Crippen LogP contribution < -0.4 is 5.32 Å². The lowest BCUT2D eigenvalue weighted by molar-refractivity contribution is -0.384. The highest BCUT2D eigenvalue weighted by Crippen LogP contribution is 2.28. The van der Waals surface area contributed by atoms with Gasteiger partial charge < -0.3 is 5.32 Å². The Morgan fingerprint density at radius 1 is 1.53 bits per heavy atom. The predicted molar refractivity (Wildman–Crippen MR) is 64.9 cm³/mol. The number of halogens is 1. The number of benzene rings is 1. The fourth-order valence-corrected chi connectivity index (χ4v) is 1.57. The number of carbonyl (C=O) groups excluding carboxylic acids is 1. The summed E-state index contributed by atoms with van der Waals surface area (Å²) < 4.78 is 0.877. The normalized spacial score (nSPS) is 9.80. The molecule has 6 heteroatoms. The summed E-state index contributed by atoms with van der Waals surface area (Å²) in [5, 5.41) is 13.2. The topological polar surface area (TPSA) is 72.2 Å². The van der Waals surface area contributed by atoms with Crippen molar-refractivity contribution >= 4 is 39.9 Å². The van der Waals surface area contributed by atoms with Crippen LogP contribution in [0.3, 0.4) is 0 Å². The highest BCUT2D eigenvalue weighted by molar-refractivity contribution is 14.1. The fraction of sp³-hybridized carbons (Fsp3) is 0.222. The second kappa shape index (κ2) is 4.56. The highest BCUT2D eigenvalue weighted by Gasteiger charge is 2.16. The van der Waals surface area contributed by atoms with Crippen molar-refractivity contribution in [3.05, 3.63) is 31.4 Å². The molecule has 0 fully saturated rings. The van der Waals surface area contributed by atoms with Crippen LogP contribution in [0, 0.1) is 20.6 Å². The summed E-state index contributed by atoms with van der Waals surface area (Å²) in [6.45, 7) is 3.10. The van der Waals surface area contributed by atoms with E-state index in [9.17, 15) is 14.9 Å². The van der Waals surface area contributed by atoms with E-state index in [0.29, 0.717) is 0 Å². The van der Waals surface area contributed by atoms with Crippen molar-refractivity contribution in [2.75, 3.05) is 5.32 Å². The SMILES string of the molecule is CC(=O)Nc1cc(I)c(C)cc1[N+](=O)[O-]. The van der Waals surface area contributed by atoms with Gasteiger partial charge in [-0.25, -0.2) is 0 Å². The van der Waals surface area contributed by atoms with Crippen LogP contribution in [0.2, 0.25) is 0 Å². The standard InChI is InChI=1S/C9H9IN2O3/c1-5-3-9(12(14)15)8(4-7(5)10)11-6(2)13/h3-4H,1-2H3,(H,11,13). The second-order valence-corrected chi connectivity index (χ2v) is 4.22. The molecule has 0 aliphatic rings. The van der Waals surface area contributed by atoms with E-state index < -0.39 is 4.92 Å². The number of hydrogen-bond donors (Lipinski definition) is 1. The minimum absolute atomic E-state index is 0.0804. The Balaban J connectivity index is 3.28. The van der Waals surface area contributed by atoms with E-state index in [1.165, 1.54) is 13.0 Å². The lowest BCUT2D eigenvalue weighted by Gasteiger charge is -2.05. The number of nitrogens with one attached hydrogen (secondary N) is 1. The van der Waals surface area contributed by atoms with Crippen LogP contribution in [-0.4, -0.2) is 10.8 Å². The van der Waals surface area contributed by atoms with E-state index >= 15 is 0 Å². The average Bonchev–Trinajstić information content (AvgIpc) is 2.09. The minimum Gasteiger partial charge on any atom is -0.321 e. The van der Waals surface area contributed by atoms with Crippen LogP contribution >= 0.6 is 22.6 Å². The molecule has 1 N–H and O–H groups in total. The lowest BCUT2D eigenvalue weighted by atomic mass is 10.2. The van der Waals surface area contributed by atoms with E-state index in [0.717, 1.165) is 9.13 Å². The van der Waals surface area contributed by atoms with Crippen LogP contribution in [0.15, 0.2) is 12.1 Å². The van der Waals surface area contributed by atoms with E-state index in [1.54, 1.807) is 13.0 Å². The molecule has 0 radical (unpaired) electrons. The van der Waals surface area contributed by atoms with Crippen LogP contribution in [0.4, 0.5) is 11.4 Å². The number of carbonyl (C=O) groups is 1. The molecular weight excluding hydrogens is 311 g/mol. The molecule has 0 aromatic heterocycles. The lowest BCUT2D eigenvalue weighted by Crippen LogP contribution is -2.08. The zero-order valence-electron chi connectivity index (χ0n) is 8.20. The van der Waals surface area contributed by atoms with Crippen LogP contribution in [-0.2, 0) is 4.79 Å². The number of nitrogens with zero attached hydrogens (tertiary/aromatic N) is 1. The summed E-state index contributed by atoms with van der Waals surface area (Å²) in [5.74, 6) is -0.322. The summed E-state index contributed by atoms with van der Waals surface area (Å²) in [5.41, 5.74) is 0.974. The molecule has 0 saturated carbocycles. The van der Waals surface area contributed by atoms with E-state index in [-0.39, 0.29) is 17.3 Å². The van der Waals surface area contributed by atoms with E-state index in [1.807, 2.05) is 0 Å². The van der Waals surface area contributed by atoms with Crippen LogP contribution in [0.1, 0.15) is 12.5 Å². The molecule has 0 heterocycles. The molecule has 0 unspecified atom stereocenters. The van der Waals surface area contributed by atoms with Gasteiger partial charge in [-0.15, -0.1) is 0 Å². The number of nitro groups is 1. The van der Waals surface area contributed by atoms with Gasteiger partial charge in [0.1, 0.15) is 5.69 Å². The Morgan fingerprint density at radius 3 is 2.60 bits per heavy atom. The van der Waals surface area contributed by atoms with Gasteiger partial charge in [-0.3, -0.25) is 14.9 Å². The highest BCUT2D eigenvalue weighted by atomic mass is 127. The molecule has 0 aliphatic heterocycles. The molecule has 0 saturated heterocycles. The zero-order chi connectivity index (χ0) is 11.6. The van der Waals surface area contributed by atoms with Gasteiger partial charge in [-0.2, -0.15) is 0 Å². The first-order chi connectivity index (χ1) is 6.91. The zero-order valence-corrected chi connectivity index (χ0v) is 10.4. The molecule has 15 heavy (non-hydrogen) atoms. The number of aryl methyl sites for hydroxylation is 1. The van der Waals surface area contributed by atoms with Crippen molar-refractivity contribution in [3.8, 4) is 0 Å². The molecular formula is C9H9IN2O3. The summed E-state index contributed by atoms with van der Waals surface area (Å²) in [7, 11) is 0. The molecule has 0 atom stereocenters. The predicted octanol–water partition coefficient (Wildman–Crippen LogP) is 2.47. The smallest absolute Gasteiger partial charge is 0.293 e. The summed E-state index contributed by atoms with van der Waals surface area (Å²) in [6, 6.07) is 3.04. The molecule has 1 rings (SSSR count). The van der Waals surface area contributed by atoms with Gasteiger partial charge in [0, 0.05) is 16.6 Å². The Morgan fingerprint density at radius 2 is 2.13 bits per heavy atom.